The van der Waals surface area contributed by atoms with Crippen molar-refractivity contribution in [2.45, 2.75) is 0 Å². The predicted molar refractivity (Wildman–Crippen MR) is 146 cm³/mol. The highest BCUT2D eigenvalue weighted by Crippen LogP contribution is 2.59. The second kappa shape index (κ2) is 8.26. The quantitative estimate of drug-likeness (QED) is 0.0475. The summed E-state index contributed by atoms with van der Waals surface area (Å²) in [6, 6.07) is 2.41. The average molecular weight is 630 g/mol. The van der Waals surface area contributed by atoms with Crippen molar-refractivity contribution < 1.29 is 73.2 Å². The summed E-state index contributed by atoms with van der Waals surface area (Å²) in [7, 11) is 0. The van der Waals surface area contributed by atoms with Crippen molar-refractivity contribution in [2.75, 3.05) is 0 Å². The molecule has 46 heavy (non-hydrogen) atoms. The second-order valence-electron chi connectivity index (χ2n) is 10.1. The Morgan fingerprint density at radius 2 is 1.15 bits per heavy atom. The molecule has 0 aliphatic carbocycles. The number of phenols is 7. The zero-order valence-corrected chi connectivity index (χ0v) is 21.9. The van der Waals surface area contributed by atoms with Gasteiger partial charge in [0.1, 0.15) is 16.7 Å². The monoisotopic (exact) mass is 630 g/mol. The maximum atomic E-state index is 13.8. The van der Waals surface area contributed by atoms with Gasteiger partial charge in [-0.15, -0.1) is 0 Å². The van der Waals surface area contributed by atoms with E-state index in [1.807, 2.05) is 0 Å². The van der Waals surface area contributed by atoms with Gasteiger partial charge in [-0.1, -0.05) is 0 Å². The molecule has 17 heteroatoms. The first-order valence-electron chi connectivity index (χ1n) is 12.6. The number of carbonyl (C=O) groups excluding carboxylic acids is 3. The van der Waals surface area contributed by atoms with Crippen LogP contribution in [0.2, 0.25) is 0 Å². The lowest BCUT2D eigenvalue weighted by Gasteiger charge is -2.25. The van der Waals surface area contributed by atoms with E-state index >= 15 is 0 Å². The molecule has 0 atom stereocenters. The summed E-state index contributed by atoms with van der Waals surface area (Å²) >= 11 is 0. The van der Waals surface area contributed by atoms with Crippen LogP contribution in [0.5, 0.6) is 57.5 Å². The normalized spacial score (nSPS) is 13.2. The fourth-order valence-corrected chi connectivity index (χ4v) is 5.61. The lowest BCUT2D eigenvalue weighted by molar-refractivity contribution is 0.0640. The van der Waals surface area contributed by atoms with Gasteiger partial charge in [-0.25, -0.2) is 24.0 Å². The van der Waals surface area contributed by atoms with E-state index in [1.165, 1.54) is 0 Å². The van der Waals surface area contributed by atoms with Crippen LogP contribution in [0.15, 0.2) is 36.6 Å². The van der Waals surface area contributed by atoms with E-state index in [-0.39, 0.29) is 16.2 Å². The Labute approximate surface area is 248 Å². The van der Waals surface area contributed by atoms with Crippen LogP contribution < -0.4 is 25.5 Å². The predicted octanol–water partition coefficient (Wildman–Crippen LogP) is 2.38. The van der Waals surface area contributed by atoms with Crippen molar-refractivity contribution in [1.82, 2.24) is 0 Å². The van der Waals surface area contributed by atoms with E-state index in [9.17, 15) is 59.7 Å². The van der Waals surface area contributed by atoms with Gasteiger partial charge in [0.25, 0.3) is 0 Å². The molecule has 2 aliphatic rings. The minimum atomic E-state index is -1.64. The molecule has 4 aromatic carbocycles. The molecule has 7 N–H and O–H groups in total. The van der Waals surface area contributed by atoms with Crippen LogP contribution in [0.4, 0.5) is 0 Å². The minimum Gasteiger partial charge on any atom is -0.504 e. The third kappa shape index (κ3) is 3.03. The number of esters is 3. The molecule has 0 saturated heterocycles. The molecule has 6 aromatic rings. The van der Waals surface area contributed by atoms with E-state index in [1.54, 1.807) is 0 Å². The topological polar surface area (TPSA) is 281 Å². The Balaban J connectivity index is 1.40. The van der Waals surface area contributed by atoms with Gasteiger partial charge >= 0.3 is 29.2 Å². The molecule has 2 aromatic heterocycles. The number of hydrogen-bond donors (Lipinski definition) is 7. The van der Waals surface area contributed by atoms with Crippen LogP contribution in [0, 0.1) is 0 Å². The minimum absolute atomic E-state index is 0.262. The van der Waals surface area contributed by atoms with Gasteiger partial charge in [0.05, 0.1) is 10.8 Å². The lowest BCUT2D eigenvalue weighted by atomic mass is 9.89. The molecule has 0 spiro atoms. The molecule has 0 amide bonds. The summed E-state index contributed by atoms with van der Waals surface area (Å²) in [5.41, 5.74) is -7.06. The van der Waals surface area contributed by atoms with E-state index in [4.69, 9.17) is 23.0 Å². The Morgan fingerprint density at radius 1 is 0.587 bits per heavy atom. The molecule has 4 heterocycles. The van der Waals surface area contributed by atoms with Gasteiger partial charge in [-0.2, -0.15) is 0 Å². The fraction of sp³-hybridized carbons (Fsp3) is 0. The standard InChI is InChI=1S/C29H10O17/c30-8-2-5-11-12-6(25(37)43-21(11)16(8)33)3-9(31)20(24(12)46-26(5)38)42-28(40)13-4-1-7(15(32)17(13)34)27(39)44-22-10(4)14-23(45-29(14)41)19(36)18(22)35/h1-3,30-36H. The van der Waals surface area contributed by atoms with Gasteiger partial charge in [-0.05, 0) is 18.2 Å². The number of carbonyl (C=O) groups is 3. The molecule has 0 saturated carbocycles. The molecular weight excluding hydrogens is 620 g/mol. The number of benzene rings is 4. The average Bonchev–Trinajstić information content (AvgIpc) is 3.12. The maximum Gasteiger partial charge on any atom is 0.348 e. The van der Waals surface area contributed by atoms with Crippen LogP contribution >= 0.6 is 0 Å². The van der Waals surface area contributed by atoms with Crippen molar-refractivity contribution >= 4 is 50.6 Å². The number of ether oxygens (including phenoxy) is 3. The smallest absolute Gasteiger partial charge is 0.348 e. The molecular formula is C29H10O17. The number of hydrogen-bond acceptors (Lipinski definition) is 17. The van der Waals surface area contributed by atoms with Gasteiger partial charge in [0, 0.05) is 21.9 Å². The van der Waals surface area contributed by atoms with Gasteiger partial charge < -0.3 is 58.8 Å². The third-order valence-corrected chi connectivity index (χ3v) is 7.65. The molecule has 2 bridgehead atoms. The van der Waals surface area contributed by atoms with Crippen molar-refractivity contribution in [1.29, 1.82) is 0 Å². The van der Waals surface area contributed by atoms with Crippen molar-refractivity contribution in [2.24, 2.45) is 0 Å². The van der Waals surface area contributed by atoms with E-state index in [0.29, 0.717) is 0 Å². The van der Waals surface area contributed by atoms with Crippen LogP contribution in [0.25, 0.3) is 43.8 Å². The number of fused-ring (bicyclic) bond motifs is 6. The molecule has 0 fully saturated rings. The third-order valence-electron chi connectivity index (χ3n) is 7.65. The van der Waals surface area contributed by atoms with E-state index < -0.39 is 131 Å². The lowest BCUT2D eigenvalue weighted by Crippen LogP contribution is -2.23. The highest BCUT2D eigenvalue weighted by molar-refractivity contribution is 6.23. The molecule has 0 radical (unpaired) electrons. The van der Waals surface area contributed by atoms with Gasteiger partial charge in [-0.3, -0.25) is 0 Å². The first-order chi connectivity index (χ1) is 21.8. The van der Waals surface area contributed by atoms with Crippen molar-refractivity contribution in [3.8, 4) is 68.6 Å². The zero-order valence-electron chi connectivity index (χ0n) is 21.9. The van der Waals surface area contributed by atoms with Crippen molar-refractivity contribution in [3.63, 3.8) is 0 Å². The molecule has 8 rings (SSSR count). The zero-order chi connectivity index (χ0) is 32.7. The molecule has 228 valence electrons. The molecule has 2 aliphatic heterocycles. The van der Waals surface area contributed by atoms with E-state index in [2.05, 4.69) is 0 Å². The highest BCUT2D eigenvalue weighted by Gasteiger charge is 2.44. The first kappa shape index (κ1) is 26.5. The largest absolute Gasteiger partial charge is 0.504 e. The Bertz CT molecular complexity index is 2620. The summed E-state index contributed by atoms with van der Waals surface area (Å²) < 4.78 is 25.5. The van der Waals surface area contributed by atoms with Crippen LogP contribution in [0.1, 0.15) is 31.1 Å². The number of rotatable bonds is 2. The number of aromatic hydroxyl groups is 7. The number of phenolic OH excluding ortho intramolecular Hbond substituents is 7. The van der Waals surface area contributed by atoms with Crippen LogP contribution in [-0.4, -0.2) is 53.7 Å². The van der Waals surface area contributed by atoms with Gasteiger partial charge in [0.15, 0.2) is 45.7 Å². The van der Waals surface area contributed by atoms with Gasteiger partial charge in [0.2, 0.25) is 23.0 Å². The van der Waals surface area contributed by atoms with E-state index in [0.717, 1.165) is 18.2 Å². The Morgan fingerprint density at radius 3 is 1.80 bits per heavy atom. The Kier molecular flexibility index (Phi) is 4.75. The summed E-state index contributed by atoms with van der Waals surface area (Å²) in [5.74, 6) is -13.8. The summed E-state index contributed by atoms with van der Waals surface area (Å²) in [5, 5.41) is 72.2. The molecule has 17 nitrogen and oxygen atoms in total. The summed E-state index contributed by atoms with van der Waals surface area (Å²) in [4.78, 5) is 64.6. The SMILES string of the molecule is O=C1Oc2c(O)c(O)c3c(c2-c2cc1c(O)c(O)c2C(=O)Oc1c(O)cc2c(=O)oc4c(O)c(O)cc5c(=O)oc1c2c45)C(=O)O3. The highest BCUT2D eigenvalue weighted by atomic mass is 16.6. The van der Waals surface area contributed by atoms with Crippen molar-refractivity contribution in [3.05, 3.63) is 55.7 Å². The second-order valence-corrected chi connectivity index (χ2v) is 10.1. The van der Waals surface area contributed by atoms with Crippen LogP contribution in [0.3, 0.4) is 0 Å². The first-order valence-corrected chi connectivity index (χ1v) is 12.6. The maximum absolute atomic E-state index is 13.8. The molecule has 0 unspecified atom stereocenters. The van der Waals surface area contributed by atoms with Crippen LogP contribution in [-0.2, 0) is 0 Å². The summed E-state index contributed by atoms with van der Waals surface area (Å²) in [6.45, 7) is 0. The summed E-state index contributed by atoms with van der Waals surface area (Å²) in [6.07, 6.45) is 0. The fourth-order valence-electron chi connectivity index (χ4n) is 5.61. The Hall–Kier alpha value is -7.17.